The SMILES string of the molecule is [C-]#[N+]C1(C(C)(C)C)CCOCC1. The number of ether oxygens (including phenoxy) is 1. The van der Waals surface area contributed by atoms with Crippen molar-refractivity contribution in [2.24, 2.45) is 5.41 Å². The summed E-state index contributed by atoms with van der Waals surface area (Å²) in [6.45, 7) is 15.2. The second-order valence-corrected chi connectivity index (χ2v) is 4.51. The lowest BCUT2D eigenvalue weighted by Crippen LogP contribution is -2.44. The summed E-state index contributed by atoms with van der Waals surface area (Å²) in [5.74, 6) is 0. The van der Waals surface area contributed by atoms with Crippen LogP contribution in [0.5, 0.6) is 0 Å². The lowest BCUT2D eigenvalue weighted by Gasteiger charge is -2.36. The minimum absolute atomic E-state index is 0.0819. The van der Waals surface area contributed by atoms with E-state index in [0.717, 1.165) is 26.1 Å². The molecule has 12 heavy (non-hydrogen) atoms. The molecule has 0 radical (unpaired) electrons. The Kier molecular flexibility index (Phi) is 2.44. The van der Waals surface area contributed by atoms with E-state index < -0.39 is 0 Å². The molecular weight excluding hydrogens is 150 g/mol. The molecule has 1 rings (SSSR count). The van der Waals surface area contributed by atoms with Crippen molar-refractivity contribution < 1.29 is 4.74 Å². The summed E-state index contributed by atoms with van der Waals surface area (Å²) in [4.78, 5) is 3.82. The molecule has 1 saturated heterocycles. The molecule has 0 aromatic heterocycles. The first kappa shape index (κ1) is 9.54. The Morgan fingerprint density at radius 3 is 2.00 bits per heavy atom. The molecule has 2 heteroatoms. The Labute approximate surface area is 74.7 Å². The molecule has 0 N–H and O–H groups in total. The maximum absolute atomic E-state index is 7.27. The van der Waals surface area contributed by atoms with Crippen molar-refractivity contribution >= 4 is 0 Å². The maximum atomic E-state index is 7.27. The van der Waals surface area contributed by atoms with Crippen LogP contribution >= 0.6 is 0 Å². The van der Waals surface area contributed by atoms with Crippen LogP contribution in [0.25, 0.3) is 4.85 Å². The molecule has 1 aliphatic heterocycles. The molecule has 0 aromatic rings. The Morgan fingerprint density at radius 1 is 1.25 bits per heavy atom. The van der Waals surface area contributed by atoms with Gasteiger partial charge in [0.1, 0.15) is 0 Å². The van der Waals surface area contributed by atoms with Gasteiger partial charge in [-0.3, -0.25) is 0 Å². The van der Waals surface area contributed by atoms with Crippen LogP contribution in [0.3, 0.4) is 0 Å². The molecule has 0 unspecified atom stereocenters. The molecule has 0 atom stereocenters. The summed E-state index contributed by atoms with van der Waals surface area (Å²) in [7, 11) is 0. The van der Waals surface area contributed by atoms with Gasteiger partial charge in [-0.05, 0) is 0 Å². The summed E-state index contributed by atoms with van der Waals surface area (Å²) in [6, 6.07) is 0. The van der Waals surface area contributed by atoms with Crippen LogP contribution in [0, 0.1) is 12.0 Å². The van der Waals surface area contributed by atoms with Gasteiger partial charge in [0.15, 0.2) is 0 Å². The number of nitrogens with zero attached hydrogens (tertiary/aromatic N) is 1. The summed E-state index contributed by atoms with van der Waals surface area (Å²) in [5, 5.41) is 0. The highest BCUT2D eigenvalue weighted by Gasteiger charge is 2.49. The fourth-order valence-electron chi connectivity index (χ4n) is 1.74. The topological polar surface area (TPSA) is 13.6 Å². The third kappa shape index (κ3) is 1.47. The molecule has 1 heterocycles. The molecule has 0 spiro atoms. The van der Waals surface area contributed by atoms with E-state index in [1.807, 2.05) is 0 Å². The van der Waals surface area contributed by atoms with Crippen molar-refractivity contribution in [3.05, 3.63) is 11.4 Å². The quantitative estimate of drug-likeness (QED) is 0.505. The van der Waals surface area contributed by atoms with Gasteiger partial charge in [-0.25, -0.2) is 6.57 Å². The molecule has 0 amide bonds. The van der Waals surface area contributed by atoms with Crippen molar-refractivity contribution in [1.29, 1.82) is 0 Å². The van der Waals surface area contributed by atoms with Gasteiger partial charge in [-0.2, -0.15) is 0 Å². The third-order valence-corrected chi connectivity index (χ3v) is 2.93. The molecule has 0 bridgehead atoms. The fraction of sp³-hybridized carbons (Fsp3) is 0.900. The molecular formula is C10H17NO. The van der Waals surface area contributed by atoms with Crippen LogP contribution in [0.4, 0.5) is 0 Å². The smallest absolute Gasteiger partial charge is 0.241 e. The molecule has 1 fully saturated rings. The summed E-state index contributed by atoms with van der Waals surface area (Å²) in [5.41, 5.74) is -0.0935. The number of hydrogen-bond donors (Lipinski definition) is 0. The van der Waals surface area contributed by atoms with Gasteiger partial charge in [-0.15, -0.1) is 0 Å². The zero-order valence-electron chi connectivity index (χ0n) is 8.18. The van der Waals surface area contributed by atoms with E-state index in [1.165, 1.54) is 0 Å². The summed E-state index contributed by atoms with van der Waals surface area (Å²) >= 11 is 0. The number of hydrogen-bond acceptors (Lipinski definition) is 1. The fourth-order valence-corrected chi connectivity index (χ4v) is 1.74. The average Bonchev–Trinajstić information content (AvgIpc) is 2.04. The van der Waals surface area contributed by atoms with Gasteiger partial charge < -0.3 is 9.58 Å². The monoisotopic (exact) mass is 167 g/mol. The predicted molar refractivity (Wildman–Crippen MR) is 48.8 cm³/mol. The van der Waals surface area contributed by atoms with E-state index in [1.54, 1.807) is 0 Å². The Bertz CT molecular complexity index is 191. The van der Waals surface area contributed by atoms with Gasteiger partial charge in [0.2, 0.25) is 5.54 Å². The highest BCUT2D eigenvalue weighted by Crippen LogP contribution is 2.41. The highest BCUT2D eigenvalue weighted by atomic mass is 16.5. The first-order chi connectivity index (χ1) is 5.52. The standard InChI is InChI=1S/C10H17NO/c1-9(2,3)10(11-4)5-7-12-8-6-10/h5-8H2,1-3H3. The van der Waals surface area contributed by atoms with E-state index in [9.17, 15) is 0 Å². The lowest BCUT2D eigenvalue weighted by molar-refractivity contribution is 0.0273. The van der Waals surface area contributed by atoms with Crippen LogP contribution in [0.2, 0.25) is 0 Å². The zero-order chi connectivity index (χ0) is 9.24. The normalized spacial score (nSPS) is 23.2. The van der Waals surface area contributed by atoms with Crippen LogP contribution in [0.1, 0.15) is 33.6 Å². The van der Waals surface area contributed by atoms with E-state index in [0.29, 0.717) is 0 Å². The Balaban J connectivity index is 2.83. The molecule has 0 aromatic carbocycles. The van der Waals surface area contributed by atoms with Crippen LogP contribution in [-0.4, -0.2) is 18.8 Å². The zero-order valence-corrected chi connectivity index (χ0v) is 8.18. The molecule has 1 aliphatic rings. The van der Waals surface area contributed by atoms with Crippen molar-refractivity contribution in [2.45, 2.75) is 39.2 Å². The predicted octanol–water partition coefficient (Wildman–Crippen LogP) is 2.50. The van der Waals surface area contributed by atoms with Gasteiger partial charge in [0, 0.05) is 18.3 Å². The Morgan fingerprint density at radius 2 is 1.75 bits per heavy atom. The molecule has 0 aliphatic carbocycles. The molecule has 68 valence electrons. The summed E-state index contributed by atoms with van der Waals surface area (Å²) in [6.07, 6.45) is 1.78. The largest absolute Gasteiger partial charge is 0.381 e. The lowest BCUT2D eigenvalue weighted by atomic mass is 9.69. The second kappa shape index (κ2) is 3.06. The second-order valence-electron chi connectivity index (χ2n) is 4.51. The van der Waals surface area contributed by atoms with Crippen molar-refractivity contribution in [1.82, 2.24) is 0 Å². The molecule has 0 saturated carbocycles. The van der Waals surface area contributed by atoms with Crippen molar-refractivity contribution in [3.8, 4) is 0 Å². The first-order valence-electron chi connectivity index (χ1n) is 4.48. The highest BCUT2D eigenvalue weighted by molar-refractivity contribution is 5.07. The number of rotatable bonds is 0. The maximum Gasteiger partial charge on any atom is 0.241 e. The van der Waals surface area contributed by atoms with Gasteiger partial charge in [-0.1, -0.05) is 20.8 Å². The van der Waals surface area contributed by atoms with E-state index in [4.69, 9.17) is 11.3 Å². The summed E-state index contributed by atoms with van der Waals surface area (Å²) < 4.78 is 5.28. The average molecular weight is 167 g/mol. The van der Waals surface area contributed by atoms with Crippen molar-refractivity contribution in [3.63, 3.8) is 0 Å². The van der Waals surface area contributed by atoms with Gasteiger partial charge in [0.05, 0.1) is 13.2 Å². The molecule has 2 nitrogen and oxygen atoms in total. The van der Waals surface area contributed by atoms with Gasteiger partial charge >= 0.3 is 0 Å². The van der Waals surface area contributed by atoms with Crippen LogP contribution < -0.4 is 0 Å². The van der Waals surface area contributed by atoms with E-state index in [-0.39, 0.29) is 11.0 Å². The van der Waals surface area contributed by atoms with Crippen LogP contribution in [-0.2, 0) is 4.74 Å². The van der Waals surface area contributed by atoms with Crippen molar-refractivity contribution in [2.75, 3.05) is 13.2 Å². The minimum atomic E-state index is -0.175. The minimum Gasteiger partial charge on any atom is -0.381 e. The van der Waals surface area contributed by atoms with Gasteiger partial charge in [0.25, 0.3) is 0 Å². The first-order valence-corrected chi connectivity index (χ1v) is 4.48. The van der Waals surface area contributed by atoms with E-state index >= 15 is 0 Å². The third-order valence-electron chi connectivity index (χ3n) is 2.93. The van der Waals surface area contributed by atoms with Crippen LogP contribution in [0.15, 0.2) is 0 Å². The van der Waals surface area contributed by atoms with E-state index in [2.05, 4.69) is 25.6 Å². The Hall–Kier alpha value is -0.550.